The molecular weight excluding hydrogens is 358 g/mol. The number of aryl methyl sites for hydroxylation is 1. The van der Waals surface area contributed by atoms with Crippen LogP contribution in [-0.4, -0.2) is 25.4 Å². The Bertz CT molecular complexity index is 1260. The zero-order chi connectivity index (χ0) is 19.3. The lowest BCUT2D eigenvalue weighted by atomic mass is 9.86. The van der Waals surface area contributed by atoms with Crippen LogP contribution in [0.3, 0.4) is 0 Å². The summed E-state index contributed by atoms with van der Waals surface area (Å²) in [5.41, 5.74) is 4.15. The number of rotatable bonds is 2. The van der Waals surface area contributed by atoms with Crippen LogP contribution in [0.1, 0.15) is 23.5 Å². The second-order valence-corrected chi connectivity index (χ2v) is 6.69. The lowest BCUT2D eigenvalue weighted by molar-refractivity contribution is -0.116. The van der Waals surface area contributed by atoms with Gasteiger partial charge >= 0.3 is 5.76 Å². The summed E-state index contributed by atoms with van der Waals surface area (Å²) in [5, 5.41) is 2.88. The van der Waals surface area contributed by atoms with Crippen LogP contribution in [0.15, 0.2) is 58.1 Å². The quantitative estimate of drug-likeness (QED) is 0.579. The molecule has 0 fully saturated rings. The number of amides is 1. The van der Waals surface area contributed by atoms with Gasteiger partial charge in [0.1, 0.15) is 5.69 Å². The van der Waals surface area contributed by atoms with Crippen molar-refractivity contribution >= 4 is 22.7 Å². The number of hydrogen-bond acceptors (Lipinski definition) is 6. The number of nitrogens with one attached hydrogen (secondary N) is 1. The molecule has 4 heterocycles. The van der Waals surface area contributed by atoms with Crippen molar-refractivity contribution in [3.8, 4) is 11.5 Å². The van der Waals surface area contributed by atoms with E-state index in [0.29, 0.717) is 28.3 Å². The molecule has 3 aromatic heterocycles. The van der Waals surface area contributed by atoms with Crippen molar-refractivity contribution in [2.75, 3.05) is 5.32 Å². The number of fused-ring (bicyclic) bond motifs is 2. The second-order valence-electron chi connectivity index (χ2n) is 6.69. The minimum Gasteiger partial charge on any atom is -0.408 e. The number of nitrogens with zero attached hydrogens (tertiary/aromatic N) is 4. The molecule has 0 radical (unpaired) electrons. The molecule has 0 saturated carbocycles. The molecule has 1 amide bonds. The number of carbonyl (C=O) groups excluding carboxylic acids is 1. The summed E-state index contributed by atoms with van der Waals surface area (Å²) in [5.74, 6) is -0.242. The third kappa shape index (κ3) is 2.58. The van der Waals surface area contributed by atoms with Gasteiger partial charge in [0.2, 0.25) is 5.91 Å². The van der Waals surface area contributed by atoms with E-state index in [-0.39, 0.29) is 18.2 Å². The molecule has 1 N–H and O–H groups in total. The number of hydrogen-bond donors (Lipinski definition) is 1. The maximum atomic E-state index is 12.3. The summed E-state index contributed by atoms with van der Waals surface area (Å²) in [6, 6.07) is 9.12. The molecule has 1 aliphatic heterocycles. The van der Waals surface area contributed by atoms with Crippen molar-refractivity contribution in [1.29, 1.82) is 0 Å². The Hall–Kier alpha value is -3.81. The van der Waals surface area contributed by atoms with Crippen molar-refractivity contribution in [1.82, 2.24) is 19.5 Å². The van der Waals surface area contributed by atoms with Crippen LogP contribution >= 0.6 is 0 Å². The minimum absolute atomic E-state index is 0.0980. The highest BCUT2D eigenvalue weighted by molar-refractivity contribution is 5.97. The highest BCUT2D eigenvalue weighted by Crippen LogP contribution is 2.38. The van der Waals surface area contributed by atoms with E-state index < -0.39 is 5.76 Å². The number of carbonyl (C=O) groups is 1. The summed E-state index contributed by atoms with van der Waals surface area (Å²) in [7, 11) is 1.63. The predicted octanol–water partition coefficient (Wildman–Crippen LogP) is 2.46. The molecule has 1 aromatic carbocycles. The smallest absolute Gasteiger partial charge is 0.408 e. The molecule has 8 heteroatoms. The fourth-order valence-electron chi connectivity index (χ4n) is 3.52. The van der Waals surface area contributed by atoms with Crippen LogP contribution < -0.4 is 11.1 Å². The van der Waals surface area contributed by atoms with E-state index in [1.165, 1.54) is 4.57 Å². The second kappa shape index (κ2) is 6.12. The Morgan fingerprint density at radius 1 is 1.14 bits per heavy atom. The summed E-state index contributed by atoms with van der Waals surface area (Å²) in [6.45, 7) is 0. The van der Waals surface area contributed by atoms with Crippen molar-refractivity contribution in [2.24, 2.45) is 7.05 Å². The lowest BCUT2D eigenvalue weighted by Crippen LogP contribution is -2.23. The van der Waals surface area contributed by atoms with E-state index in [4.69, 9.17) is 4.42 Å². The average molecular weight is 373 g/mol. The molecule has 0 saturated heterocycles. The first kappa shape index (κ1) is 16.4. The molecule has 138 valence electrons. The maximum Gasteiger partial charge on any atom is 0.419 e. The molecule has 1 atom stereocenters. The van der Waals surface area contributed by atoms with Gasteiger partial charge in [-0.25, -0.2) is 14.8 Å². The van der Waals surface area contributed by atoms with Crippen LogP contribution in [0.4, 0.5) is 5.69 Å². The normalized spacial score (nSPS) is 16.0. The number of pyridine rings is 1. The van der Waals surface area contributed by atoms with Gasteiger partial charge in [-0.05, 0) is 35.4 Å². The molecule has 0 spiro atoms. The molecule has 28 heavy (non-hydrogen) atoms. The van der Waals surface area contributed by atoms with Gasteiger partial charge in [0, 0.05) is 43.7 Å². The maximum absolute atomic E-state index is 12.3. The number of benzene rings is 1. The molecule has 5 rings (SSSR count). The number of anilines is 1. The Morgan fingerprint density at radius 3 is 2.71 bits per heavy atom. The van der Waals surface area contributed by atoms with Crippen LogP contribution in [0.5, 0.6) is 0 Å². The third-order valence-corrected chi connectivity index (χ3v) is 4.97. The summed E-state index contributed by atoms with van der Waals surface area (Å²) in [6.07, 6.45) is 5.39. The zero-order valence-electron chi connectivity index (χ0n) is 14.9. The van der Waals surface area contributed by atoms with Crippen LogP contribution in [0.2, 0.25) is 0 Å². The largest absolute Gasteiger partial charge is 0.419 e. The van der Waals surface area contributed by atoms with Crippen LogP contribution in [-0.2, 0) is 11.8 Å². The monoisotopic (exact) mass is 373 g/mol. The van der Waals surface area contributed by atoms with Gasteiger partial charge < -0.3 is 9.73 Å². The van der Waals surface area contributed by atoms with Crippen molar-refractivity contribution in [2.45, 2.75) is 12.3 Å². The van der Waals surface area contributed by atoms with Gasteiger partial charge in [0.05, 0.1) is 5.52 Å². The zero-order valence-corrected chi connectivity index (χ0v) is 14.9. The third-order valence-electron chi connectivity index (χ3n) is 4.97. The SMILES string of the molecule is Cn1c(=O)oc2cc3c(cc21)NC(=O)C[C@H]3c1cnc(-c2ccccn2)nc1. The van der Waals surface area contributed by atoms with E-state index in [9.17, 15) is 9.59 Å². The lowest BCUT2D eigenvalue weighted by Gasteiger charge is -2.25. The highest BCUT2D eigenvalue weighted by Gasteiger charge is 2.28. The first-order valence-electron chi connectivity index (χ1n) is 8.77. The first-order valence-corrected chi connectivity index (χ1v) is 8.77. The van der Waals surface area contributed by atoms with Crippen molar-refractivity contribution in [3.05, 3.63) is 70.6 Å². The average Bonchev–Trinajstić information content (AvgIpc) is 3.00. The molecule has 0 aliphatic carbocycles. The Balaban J connectivity index is 1.59. The van der Waals surface area contributed by atoms with E-state index in [2.05, 4.69) is 20.3 Å². The Labute approximate surface area is 158 Å². The van der Waals surface area contributed by atoms with Gasteiger partial charge in [-0.15, -0.1) is 0 Å². The van der Waals surface area contributed by atoms with Gasteiger partial charge in [-0.3, -0.25) is 14.3 Å². The van der Waals surface area contributed by atoms with Gasteiger partial charge in [-0.2, -0.15) is 0 Å². The summed E-state index contributed by atoms with van der Waals surface area (Å²) < 4.78 is 6.72. The number of aromatic nitrogens is 4. The fourth-order valence-corrected chi connectivity index (χ4v) is 3.52. The van der Waals surface area contributed by atoms with Crippen molar-refractivity contribution in [3.63, 3.8) is 0 Å². The molecule has 0 bridgehead atoms. The van der Waals surface area contributed by atoms with E-state index in [0.717, 1.165) is 11.1 Å². The molecular formula is C20H15N5O3. The van der Waals surface area contributed by atoms with Crippen LogP contribution in [0, 0.1) is 0 Å². The van der Waals surface area contributed by atoms with E-state index in [1.54, 1.807) is 31.7 Å². The topological polar surface area (TPSA) is 103 Å². The first-order chi connectivity index (χ1) is 13.6. The Kier molecular flexibility index (Phi) is 3.58. The van der Waals surface area contributed by atoms with Gasteiger partial charge in [-0.1, -0.05) is 6.07 Å². The highest BCUT2D eigenvalue weighted by atomic mass is 16.4. The Morgan fingerprint density at radius 2 is 1.96 bits per heavy atom. The van der Waals surface area contributed by atoms with Gasteiger partial charge in [0.15, 0.2) is 11.4 Å². The van der Waals surface area contributed by atoms with E-state index in [1.807, 2.05) is 24.3 Å². The fraction of sp³-hybridized carbons (Fsp3) is 0.150. The number of oxazole rings is 1. The van der Waals surface area contributed by atoms with E-state index >= 15 is 0 Å². The molecule has 8 nitrogen and oxygen atoms in total. The van der Waals surface area contributed by atoms with Crippen LogP contribution in [0.25, 0.3) is 22.6 Å². The summed E-state index contributed by atoms with van der Waals surface area (Å²) in [4.78, 5) is 37.2. The molecule has 4 aromatic rings. The van der Waals surface area contributed by atoms with Crippen molar-refractivity contribution < 1.29 is 9.21 Å². The predicted molar refractivity (Wildman–Crippen MR) is 102 cm³/mol. The molecule has 0 unspecified atom stereocenters. The van der Waals surface area contributed by atoms with Gasteiger partial charge in [0.25, 0.3) is 0 Å². The minimum atomic E-state index is -0.441. The summed E-state index contributed by atoms with van der Waals surface area (Å²) >= 11 is 0. The molecule has 1 aliphatic rings. The standard InChI is InChI=1S/C20H15N5O3/c1-25-16-8-15-13(6-17(16)28-20(25)27)12(7-18(26)24-15)11-9-22-19(23-10-11)14-4-2-3-5-21-14/h2-6,8-10,12H,7H2,1H3,(H,24,26)/t12-/m0/s1.